The quantitative estimate of drug-likeness (QED) is 0.607. The Labute approximate surface area is 180 Å². The van der Waals surface area contributed by atoms with Gasteiger partial charge in [0.05, 0.1) is 26.2 Å². The highest BCUT2D eigenvalue weighted by molar-refractivity contribution is 5.91. The Kier molecular flexibility index (Phi) is 6.64. The number of quaternary nitrogens is 1. The first-order chi connectivity index (χ1) is 15.2. The van der Waals surface area contributed by atoms with E-state index in [9.17, 15) is 9.59 Å². The third-order valence-electron chi connectivity index (χ3n) is 5.28. The number of carbonyl (C=O) groups excluding carboxylic acids is 1. The van der Waals surface area contributed by atoms with Crippen molar-refractivity contribution in [3.05, 3.63) is 89.0 Å². The van der Waals surface area contributed by atoms with Crippen molar-refractivity contribution in [2.75, 3.05) is 43.0 Å². The highest BCUT2D eigenvalue weighted by Crippen LogP contribution is 2.13. The van der Waals surface area contributed by atoms with Gasteiger partial charge in [0.1, 0.15) is 12.8 Å². The van der Waals surface area contributed by atoms with E-state index in [-0.39, 0.29) is 23.7 Å². The third-order valence-corrected chi connectivity index (χ3v) is 5.28. The molecular formula is C24H26N3O4+. The van der Waals surface area contributed by atoms with Gasteiger partial charge in [-0.1, -0.05) is 36.4 Å². The highest BCUT2D eigenvalue weighted by atomic mass is 16.5. The predicted molar refractivity (Wildman–Crippen MR) is 119 cm³/mol. The Bertz CT molecular complexity index is 1050. The van der Waals surface area contributed by atoms with Gasteiger partial charge in [0.15, 0.2) is 12.4 Å². The van der Waals surface area contributed by atoms with E-state index in [0.717, 1.165) is 26.2 Å². The zero-order valence-electron chi connectivity index (χ0n) is 17.3. The topological polar surface area (TPSA) is 76.2 Å². The van der Waals surface area contributed by atoms with Gasteiger partial charge in [-0.15, -0.1) is 0 Å². The summed E-state index contributed by atoms with van der Waals surface area (Å²) in [7, 11) is 0. The van der Waals surface area contributed by atoms with Gasteiger partial charge in [0.25, 0.3) is 5.91 Å². The first-order valence-electron chi connectivity index (χ1n) is 10.4. The molecule has 31 heavy (non-hydrogen) atoms. The maximum absolute atomic E-state index is 12.4. The van der Waals surface area contributed by atoms with Gasteiger partial charge in [-0.3, -0.25) is 9.59 Å². The van der Waals surface area contributed by atoms with Crippen molar-refractivity contribution in [1.82, 2.24) is 0 Å². The molecular weight excluding hydrogens is 394 g/mol. The Morgan fingerprint density at radius 2 is 1.71 bits per heavy atom. The van der Waals surface area contributed by atoms with Crippen LogP contribution in [0.25, 0.3) is 0 Å². The van der Waals surface area contributed by atoms with E-state index in [0.29, 0.717) is 18.0 Å². The average molecular weight is 420 g/mol. The fourth-order valence-corrected chi connectivity index (χ4v) is 3.64. The van der Waals surface area contributed by atoms with Crippen LogP contribution in [0, 0.1) is 0 Å². The van der Waals surface area contributed by atoms with Crippen molar-refractivity contribution < 1.29 is 18.8 Å². The van der Waals surface area contributed by atoms with E-state index >= 15 is 0 Å². The molecule has 0 aliphatic carbocycles. The number of amides is 1. The lowest BCUT2D eigenvalue weighted by Crippen LogP contribution is -3.13. The summed E-state index contributed by atoms with van der Waals surface area (Å²) in [5.74, 6) is 0.320. The maximum Gasteiger partial charge on any atom is 0.262 e. The number of rotatable bonds is 7. The standard InChI is InChI=1S/C24H25N3O4/c28-22-15-21(16-26-11-13-27(14-12-26)20-9-5-2-6-10-20)30-17-23(22)31-18-24(29)25-19-7-3-1-4-8-19/h1-10,15,17H,11-14,16,18H2,(H,25,29)/p+1. The molecule has 4 rings (SSSR count). The number of ether oxygens (including phenoxy) is 1. The van der Waals surface area contributed by atoms with E-state index in [4.69, 9.17) is 9.15 Å². The molecule has 2 heterocycles. The van der Waals surface area contributed by atoms with Crippen molar-refractivity contribution in [2.45, 2.75) is 6.54 Å². The maximum atomic E-state index is 12.4. The molecule has 1 amide bonds. The van der Waals surface area contributed by atoms with Crippen LogP contribution in [0.3, 0.4) is 0 Å². The van der Waals surface area contributed by atoms with Crippen molar-refractivity contribution in [3.63, 3.8) is 0 Å². The Morgan fingerprint density at radius 1 is 1.03 bits per heavy atom. The van der Waals surface area contributed by atoms with Crippen molar-refractivity contribution in [1.29, 1.82) is 0 Å². The summed E-state index contributed by atoms with van der Waals surface area (Å²) in [5.41, 5.74) is 1.63. The molecule has 1 aromatic heterocycles. The summed E-state index contributed by atoms with van der Waals surface area (Å²) in [6, 6.07) is 20.9. The number of piperazine rings is 1. The van der Waals surface area contributed by atoms with E-state index in [2.05, 4.69) is 34.5 Å². The number of para-hydroxylation sites is 2. The summed E-state index contributed by atoms with van der Waals surface area (Å²) in [6.45, 7) is 4.24. The van der Waals surface area contributed by atoms with Gasteiger partial charge in [0, 0.05) is 17.4 Å². The monoisotopic (exact) mass is 420 g/mol. The highest BCUT2D eigenvalue weighted by Gasteiger charge is 2.21. The summed E-state index contributed by atoms with van der Waals surface area (Å²) >= 11 is 0. The molecule has 2 N–H and O–H groups in total. The van der Waals surface area contributed by atoms with Gasteiger partial charge in [-0.25, -0.2) is 0 Å². The molecule has 0 spiro atoms. The fraction of sp³-hybridized carbons (Fsp3) is 0.250. The number of nitrogens with one attached hydrogen (secondary N) is 2. The van der Waals surface area contributed by atoms with E-state index < -0.39 is 0 Å². The first kappa shape index (κ1) is 20.7. The zero-order valence-corrected chi connectivity index (χ0v) is 17.3. The first-order valence-corrected chi connectivity index (χ1v) is 10.4. The van der Waals surface area contributed by atoms with Crippen molar-refractivity contribution in [2.24, 2.45) is 0 Å². The number of nitrogens with zero attached hydrogens (tertiary/aromatic N) is 1. The van der Waals surface area contributed by atoms with Gasteiger partial charge >= 0.3 is 0 Å². The molecule has 1 aliphatic rings. The average Bonchev–Trinajstić information content (AvgIpc) is 2.80. The normalized spacial score (nSPS) is 14.3. The molecule has 2 aromatic carbocycles. The van der Waals surface area contributed by atoms with E-state index in [1.54, 1.807) is 12.1 Å². The van der Waals surface area contributed by atoms with Crippen LogP contribution >= 0.6 is 0 Å². The minimum Gasteiger partial charge on any atom is -0.477 e. The largest absolute Gasteiger partial charge is 0.477 e. The predicted octanol–water partition coefficient (Wildman–Crippen LogP) is 1.56. The second-order valence-corrected chi connectivity index (χ2v) is 7.53. The Balaban J connectivity index is 1.26. The Morgan fingerprint density at radius 3 is 2.39 bits per heavy atom. The van der Waals surface area contributed by atoms with E-state index in [1.165, 1.54) is 22.9 Å². The molecule has 1 fully saturated rings. The lowest BCUT2D eigenvalue weighted by molar-refractivity contribution is -0.915. The van der Waals surface area contributed by atoms with Crippen LogP contribution < -0.4 is 25.3 Å². The lowest BCUT2D eigenvalue weighted by atomic mass is 10.2. The van der Waals surface area contributed by atoms with Crippen LogP contribution in [-0.2, 0) is 11.3 Å². The molecule has 0 bridgehead atoms. The summed E-state index contributed by atoms with van der Waals surface area (Å²) in [6.07, 6.45) is 1.30. The second-order valence-electron chi connectivity index (χ2n) is 7.53. The van der Waals surface area contributed by atoms with Gasteiger partial charge in [-0.2, -0.15) is 0 Å². The van der Waals surface area contributed by atoms with Crippen LogP contribution in [0.5, 0.6) is 5.75 Å². The van der Waals surface area contributed by atoms with Crippen LogP contribution in [0.15, 0.2) is 82.2 Å². The Hall–Kier alpha value is -3.58. The minimum absolute atomic E-state index is 0.0378. The van der Waals surface area contributed by atoms with Crippen LogP contribution in [-0.4, -0.2) is 38.7 Å². The molecule has 3 aromatic rings. The smallest absolute Gasteiger partial charge is 0.262 e. The molecule has 7 nitrogen and oxygen atoms in total. The van der Waals surface area contributed by atoms with Crippen LogP contribution in [0.4, 0.5) is 11.4 Å². The minimum atomic E-state index is -0.338. The third kappa shape index (κ3) is 5.73. The number of hydrogen-bond acceptors (Lipinski definition) is 5. The van der Waals surface area contributed by atoms with Gasteiger partial charge < -0.3 is 24.3 Å². The molecule has 160 valence electrons. The SMILES string of the molecule is O=C(COc1coc(C[NH+]2CCN(c3ccccc3)CC2)cc1=O)Nc1ccccc1. The van der Waals surface area contributed by atoms with Gasteiger partial charge in [-0.05, 0) is 24.3 Å². The van der Waals surface area contributed by atoms with Crippen molar-refractivity contribution in [3.8, 4) is 5.75 Å². The molecule has 1 aliphatic heterocycles. The summed E-state index contributed by atoms with van der Waals surface area (Å²) in [5, 5.41) is 2.71. The zero-order chi connectivity index (χ0) is 21.5. The molecule has 0 atom stereocenters. The molecule has 1 saturated heterocycles. The van der Waals surface area contributed by atoms with Crippen LogP contribution in [0.1, 0.15) is 5.76 Å². The number of carbonyl (C=O) groups is 1. The van der Waals surface area contributed by atoms with E-state index in [1.807, 2.05) is 24.3 Å². The number of benzene rings is 2. The molecule has 0 saturated carbocycles. The summed E-state index contributed by atoms with van der Waals surface area (Å²) < 4.78 is 11.0. The molecule has 0 radical (unpaired) electrons. The van der Waals surface area contributed by atoms with Crippen LogP contribution in [0.2, 0.25) is 0 Å². The summed E-state index contributed by atoms with van der Waals surface area (Å²) in [4.78, 5) is 28.1. The number of hydrogen-bond donors (Lipinski definition) is 2. The number of anilines is 2. The molecule has 0 unspecified atom stereocenters. The van der Waals surface area contributed by atoms with Crippen molar-refractivity contribution >= 4 is 17.3 Å². The van der Waals surface area contributed by atoms with Gasteiger partial charge in [0.2, 0.25) is 11.2 Å². The lowest BCUT2D eigenvalue weighted by Gasteiger charge is -2.33. The second kappa shape index (κ2) is 9.95. The molecule has 7 heteroatoms. The fourth-order valence-electron chi connectivity index (χ4n) is 3.64.